The normalized spacial score (nSPS) is 12.4. The molecule has 0 aromatic heterocycles. The molecule has 136 valence electrons. The Hall–Kier alpha value is -1.55. The number of nitrogen functional groups attached to an aromatic ring is 1. The Balaban J connectivity index is 2.63. The third-order valence-electron chi connectivity index (χ3n) is 4.41. The van der Waals surface area contributed by atoms with Crippen molar-refractivity contribution in [3.8, 4) is 0 Å². The highest BCUT2D eigenvalue weighted by Gasteiger charge is 2.17. The predicted molar refractivity (Wildman–Crippen MR) is 101 cm³/mol. The minimum absolute atomic E-state index is 0.242. The van der Waals surface area contributed by atoms with E-state index < -0.39 is 0 Å². The van der Waals surface area contributed by atoms with Gasteiger partial charge >= 0.3 is 5.97 Å². The molecule has 0 heterocycles. The standard InChI is InChI=1S/C20H34N2O2/c1-5-8-12-22(13-9-6-2)16(4)15-24-20(23)19-11-10-18(21)14-17(19)7-3/h10-11,14,16H,5-9,12-13,15,21H2,1-4H3. The summed E-state index contributed by atoms with van der Waals surface area (Å²) < 4.78 is 5.59. The van der Waals surface area contributed by atoms with Crippen molar-refractivity contribution in [3.63, 3.8) is 0 Å². The third kappa shape index (κ3) is 6.52. The van der Waals surface area contributed by atoms with Gasteiger partial charge in [-0.1, -0.05) is 33.6 Å². The van der Waals surface area contributed by atoms with Gasteiger partial charge < -0.3 is 10.5 Å². The van der Waals surface area contributed by atoms with E-state index >= 15 is 0 Å². The van der Waals surface area contributed by atoms with Gasteiger partial charge in [-0.2, -0.15) is 0 Å². The monoisotopic (exact) mass is 334 g/mol. The van der Waals surface area contributed by atoms with E-state index in [2.05, 4.69) is 25.7 Å². The summed E-state index contributed by atoms with van der Waals surface area (Å²) in [6, 6.07) is 5.63. The Morgan fingerprint density at radius 3 is 2.33 bits per heavy atom. The van der Waals surface area contributed by atoms with Gasteiger partial charge in [0.1, 0.15) is 6.61 Å². The van der Waals surface area contributed by atoms with Crippen LogP contribution in [0.15, 0.2) is 18.2 Å². The van der Waals surface area contributed by atoms with Crippen molar-refractivity contribution in [1.82, 2.24) is 4.90 Å². The molecule has 1 aromatic rings. The lowest BCUT2D eigenvalue weighted by Gasteiger charge is -2.28. The molecule has 0 spiro atoms. The number of anilines is 1. The number of nitrogens with two attached hydrogens (primary N) is 1. The fourth-order valence-corrected chi connectivity index (χ4v) is 2.76. The molecule has 1 atom stereocenters. The molecule has 1 aromatic carbocycles. The van der Waals surface area contributed by atoms with Crippen molar-refractivity contribution in [2.75, 3.05) is 25.4 Å². The first kappa shape index (κ1) is 20.5. The molecule has 0 aliphatic carbocycles. The van der Waals surface area contributed by atoms with Gasteiger partial charge in [-0.15, -0.1) is 0 Å². The van der Waals surface area contributed by atoms with Crippen molar-refractivity contribution in [2.45, 2.75) is 65.8 Å². The minimum Gasteiger partial charge on any atom is -0.460 e. The van der Waals surface area contributed by atoms with Crippen molar-refractivity contribution in [2.24, 2.45) is 0 Å². The summed E-state index contributed by atoms with van der Waals surface area (Å²) in [4.78, 5) is 14.8. The molecule has 1 rings (SSSR count). The molecule has 0 fully saturated rings. The van der Waals surface area contributed by atoms with Crippen LogP contribution in [0.4, 0.5) is 5.69 Å². The number of benzene rings is 1. The highest BCUT2D eigenvalue weighted by atomic mass is 16.5. The molecular formula is C20H34N2O2. The topological polar surface area (TPSA) is 55.6 Å². The maximum atomic E-state index is 12.4. The van der Waals surface area contributed by atoms with Crippen LogP contribution in [0.5, 0.6) is 0 Å². The van der Waals surface area contributed by atoms with Crippen molar-refractivity contribution >= 4 is 11.7 Å². The third-order valence-corrected chi connectivity index (χ3v) is 4.41. The predicted octanol–water partition coefficient (Wildman–Crippen LogP) is 4.28. The number of carbonyl (C=O) groups is 1. The number of carbonyl (C=O) groups excluding carboxylic acids is 1. The number of esters is 1. The zero-order valence-corrected chi connectivity index (χ0v) is 15.8. The van der Waals surface area contributed by atoms with Crippen LogP contribution >= 0.6 is 0 Å². The van der Waals surface area contributed by atoms with Gasteiger partial charge in [-0.3, -0.25) is 4.90 Å². The highest BCUT2D eigenvalue weighted by molar-refractivity contribution is 5.91. The average Bonchev–Trinajstić information content (AvgIpc) is 2.59. The maximum Gasteiger partial charge on any atom is 0.338 e. The Labute approximate surface area is 147 Å². The molecule has 2 N–H and O–H groups in total. The molecule has 0 bridgehead atoms. The minimum atomic E-state index is -0.246. The summed E-state index contributed by atoms with van der Waals surface area (Å²) in [5, 5.41) is 0. The summed E-state index contributed by atoms with van der Waals surface area (Å²) >= 11 is 0. The van der Waals surface area contributed by atoms with Crippen LogP contribution in [-0.2, 0) is 11.2 Å². The Bertz CT molecular complexity index is 494. The Morgan fingerprint density at radius 1 is 1.17 bits per heavy atom. The van der Waals surface area contributed by atoms with Gasteiger partial charge in [0, 0.05) is 11.7 Å². The van der Waals surface area contributed by atoms with Crippen LogP contribution in [0, 0.1) is 0 Å². The fourth-order valence-electron chi connectivity index (χ4n) is 2.76. The number of nitrogens with zero attached hydrogens (tertiary/aromatic N) is 1. The molecule has 24 heavy (non-hydrogen) atoms. The van der Waals surface area contributed by atoms with Gasteiger partial charge in [0.05, 0.1) is 5.56 Å². The van der Waals surface area contributed by atoms with Crippen LogP contribution in [0.2, 0.25) is 0 Å². The number of rotatable bonds is 11. The van der Waals surface area contributed by atoms with Gasteiger partial charge in [-0.05, 0) is 63.0 Å². The molecule has 0 radical (unpaired) electrons. The summed E-state index contributed by atoms with van der Waals surface area (Å²) in [7, 11) is 0. The lowest BCUT2D eigenvalue weighted by molar-refractivity contribution is 0.0366. The van der Waals surface area contributed by atoms with Crippen molar-refractivity contribution in [1.29, 1.82) is 0 Å². The smallest absolute Gasteiger partial charge is 0.338 e. The van der Waals surface area contributed by atoms with Crippen LogP contribution < -0.4 is 5.73 Å². The number of unbranched alkanes of at least 4 members (excludes halogenated alkanes) is 2. The lowest BCUT2D eigenvalue weighted by Crippen LogP contribution is -2.38. The molecule has 1 unspecified atom stereocenters. The van der Waals surface area contributed by atoms with Crippen LogP contribution in [0.1, 0.15) is 69.3 Å². The summed E-state index contributed by atoms with van der Waals surface area (Å²) in [6.07, 6.45) is 5.49. The van der Waals surface area contributed by atoms with Gasteiger partial charge in [0.2, 0.25) is 0 Å². The average molecular weight is 335 g/mol. The largest absolute Gasteiger partial charge is 0.460 e. The molecule has 0 saturated carbocycles. The number of hydrogen-bond acceptors (Lipinski definition) is 4. The number of ether oxygens (including phenoxy) is 1. The second kappa shape index (κ2) is 11.1. The van der Waals surface area contributed by atoms with Crippen molar-refractivity contribution < 1.29 is 9.53 Å². The fraction of sp³-hybridized carbons (Fsp3) is 0.650. The molecule has 4 nitrogen and oxygen atoms in total. The van der Waals surface area contributed by atoms with E-state index in [0.717, 1.165) is 25.1 Å². The second-order valence-electron chi connectivity index (χ2n) is 6.46. The molecule has 4 heteroatoms. The van der Waals surface area contributed by atoms with E-state index in [9.17, 15) is 4.79 Å². The van der Waals surface area contributed by atoms with Crippen LogP contribution in [-0.4, -0.2) is 36.6 Å². The lowest BCUT2D eigenvalue weighted by atomic mass is 10.0. The zero-order chi connectivity index (χ0) is 17.9. The van der Waals surface area contributed by atoms with E-state index in [0.29, 0.717) is 17.9 Å². The molecule has 0 aliphatic rings. The number of aryl methyl sites for hydroxylation is 1. The van der Waals surface area contributed by atoms with Gasteiger partial charge in [0.25, 0.3) is 0 Å². The van der Waals surface area contributed by atoms with E-state index in [1.165, 1.54) is 25.7 Å². The van der Waals surface area contributed by atoms with E-state index in [1.54, 1.807) is 12.1 Å². The first-order valence-corrected chi connectivity index (χ1v) is 9.32. The molecule has 0 saturated heterocycles. The van der Waals surface area contributed by atoms with E-state index in [1.807, 2.05) is 13.0 Å². The van der Waals surface area contributed by atoms with Gasteiger partial charge in [-0.25, -0.2) is 4.79 Å². The summed E-state index contributed by atoms with van der Waals surface area (Å²) in [6.45, 7) is 11.1. The highest BCUT2D eigenvalue weighted by Crippen LogP contribution is 2.16. The summed E-state index contributed by atoms with van der Waals surface area (Å²) in [5.74, 6) is -0.246. The molecular weight excluding hydrogens is 300 g/mol. The maximum absolute atomic E-state index is 12.4. The van der Waals surface area contributed by atoms with E-state index in [-0.39, 0.29) is 12.0 Å². The second-order valence-corrected chi connectivity index (χ2v) is 6.46. The Kier molecular flexibility index (Phi) is 9.46. The summed E-state index contributed by atoms with van der Waals surface area (Å²) in [5.41, 5.74) is 8.06. The first-order valence-electron chi connectivity index (χ1n) is 9.32. The first-order chi connectivity index (χ1) is 11.5. The SMILES string of the molecule is CCCCN(CCCC)C(C)COC(=O)c1ccc(N)cc1CC. The van der Waals surface area contributed by atoms with Crippen LogP contribution in [0.3, 0.4) is 0 Å². The van der Waals surface area contributed by atoms with Crippen molar-refractivity contribution in [3.05, 3.63) is 29.3 Å². The molecule has 0 aliphatic heterocycles. The van der Waals surface area contributed by atoms with Gasteiger partial charge in [0.15, 0.2) is 0 Å². The van der Waals surface area contributed by atoms with E-state index in [4.69, 9.17) is 10.5 Å². The quantitative estimate of drug-likeness (QED) is 0.485. The Morgan fingerprint density at radius 2 is 1.79 bits per heavy atom. The number of hydrogen-bond donors (Lipinski definition) is 1. The zero-order valence-electron chi connectivity index (χ0n) is 15.8. The van der Waals surface area contributed by atoms with Crippen LogP contribution in [0.25, 0.3) is 0 Å². The molecule has 0 amide bonds.